The number of piperidine rings is 1. The molecule has 5 aliphatic rings. The molecule has 0 N–H and O–H groups in total. The van der Waals surface area contributed by atoms with E-state index in [1.165, 1.54) is 51.4 Å². The largest absolute Gasteiger partial charge is 0.508 e. The fraction of sp³-hybridized carbons (Fsp3) is 0.912. The molecule has 5 rings (SSSR count). The van der Waals surface area contributed by atoms with Gasteiger partial charge in [-0.1, -0.05) is 66.0 Å². The van der Waals surface area contributed by atoms with Gasteiger partial charge in [0.2, 0.25) is 0 Å². The first-order chi connectivity index (χ1) is 18.1. The van der Waals surface area contributed by atoms with Gasteiger partial charge in [-0.25, -0.2) is 4.79 Å². The number of rotatable bonds is 7. The fourth-order valence-electron chi connectivity index (χ4n) is 10.1. The van der Waals surface area contributed by atoms with Gasteiger partial charge in [0.25, 0.3) is 0 Å². The van der Waals surface area contributed by atoms with Crippen LogP contribution in [0.15, 0.2) is 12.2 Å². The standard InChI is InChI=1S/C34H57NO3/c1-23(2)8-7-9-24(3)29-12-13-30-28-11-10-25-22-27(38-32(36)37-26-16-20-35(6)21-17-26)14-18-33(25,4)31(28)15-19-34(29,30)5/h10-11,23-31H,7-9,12-22H2,1-6H3/t24-,25?,27?,28-,29?,30?,31?,33-,34+/m1/s1. The van der Waals surface area contributed by atoms with Crippen LogP contribution < -0.4 is 0 Å². The third kappa shape index (κ3) is 5.59. The summed E-state index contributed by atoms with van der Waals surface area (Å²) in [6.45, 7) is 14.5. The molecule has 1 aliphatic heterocycles. The van der Waals surface area contributed by atoms with Gasteiger partial charge in [0.05, 0.1) is 0 Å². The molecule has 4 fully saturated rings. The van der Waals surface area contributed by atoms with E-state index in [1.807, 2.05) is 0 Å². The summed E-state index contributed by atoms with van der Waals surface area (Å²) in [6.07, 6.45) is 19.6. The normalized spacial score (nSPS) is 42.3. The van der Waals surface area contributed by atoms with Crippen LogP contribution in [-0.4, -0.2) is 43.4 Å². The molecule has 0 radical (unpaired) electrons. The van der Waals surface area contributed by atoms with Crippen molar-refractivity contribution in [1.29, 1.82) is 0 Å². The van der Waals surface area contributed by atoms with Crippen LogP contribution in [0.3, 0.4) is 0 Å². The van der Waals surface area contributed by atoms with Crippen LogP contribution in [0.2, 0.25) is 0 Å². The first-order valence-electron chi connectivity index (χ1n) is 16.3. The molecule has 0 amide bonds. The Morgan fingerprint density at radius 3 is 2.29 bits per heavy atom. The summed E-state index contributed by atoms with van der Waals surface area (Å²) in [5.41, 5.74) is 0.864. The molecule has 1 heterocycles. The van der Waals surface area contributed by atoms with Crippen molar-refractivity contribution in [2.75, 3.05) is 20.1 Å². The summed E-state index contributed by atoms with van der Waals surface area (Å²) < 4.78 is 11.6. The molecule has 3 saturated carbocycles. The molecule has 4 aliphatic carbocycles. The Bertz CT molecular complexity index is 847. The summed E-state index contributed by atoms with van der Waals surface area (Å²) in [6, 6.07) is 0. The Morgan fingerprint density at radius 1 is 0.868 bits per heavy atom. The molecule has 38 heavy (non-hydrogen) atoms. The van der Waals surface area contributed by atoms with Crippen LogP contribution in [0.4, 0.5) is 4.79 Å². The second kappa shape index (κ2) is 11.5. The topological polar surface area (TPSA) is 38.8 Å². The Kier molecular flexibility index (Phi) is 8.59. The molecule has 0 bridgehead atoms. The van der Waals surface area contributed by atoms with E-state index in [9.17, 15) is 4.79 Å². The van der Waals surface area contributed by atoms with Gasteiger partial charge in [0.1, 0.15) is 12.2 Å². The third-order valence-electron chi connectivity index (χ3n) is 12.5. The van der Waals surface area contributed by atoms with Gasteiger partial charge >= 0.3 is 6.16 Å². The highest BCUT2D eigenvalue weighted by molar-refractivity contribution is 5.60. The molecule has 0 aromatic heterocycles. The summed E-state index contributed by atoms with van der Waals surface area (Å²) in [5, 5.41) is 0. The minimum atomic E-state index is -0.432. The minimum absolute atomic E-state index is 0.00412. The van der Waals surface area contributed by atoms with Gasteiger partial charge in [-0.05, 0) is 117 Å². The Labute approximate surface area is 233 Å². The van der Waals surface area contributed by atoms with Crippen molar-refractivity contribution in [2.45, 2.75) is 124 Å². The first kappa shape index (κ1) is 28.5. The highest BCUT2D eigenvalue weighted by atomic mass is 16.7. The molecular weight excluding hydrogens is 470 g/mol. The molecule has 9 atom stereocenters. The average molecular weight is 528 g/mol. The molecule has 5 unspecified atom stereocenters. The highest BCUT2D eigenvalue weighted by Crippen LogP contribution is 2.67. The van der Waals surface area contributed by atoms with E-state index in [1.54, 1.807) is 0 Å². The number of ether oxygens (including phenoxy) is 2. The van der Waals surface area contributed by atoms with Crippen molar-refractivity contribution in [1.82, 2.24) is 4.90 Å². The smallest absolute Gasteiger partial charge is 0.431 e. The summed E-state index contributed by atoms with van der Waals surface area (Å²) >= 11 is 0. The molecule has 0 aromatic carbocycles. The number of nitrogens with zero attached hydrogens (tertiary/aromatic N) is 1. The van der Waals surface area contributed by atoms with E-state index in [4.69, 9.17) is 9.47 Å². The van der Waals surface area contributed by atoms with Crippen molar-refractivity contribution in [3.8, 4) is 0 Å². The fourth-order valence-corrected chi connectivity index (χ4v) is 10.1. The Hall–Kier alpha value is -1.03. The van der Waals surface area contributed by atoms with E-state index in [-0.39, 0.29) is 12.2 Å². The minimum Gasteiger partial charge on any atom is -0.431 e. The SMILES string of the molecule is CC(C)CCC[C@@H](C)C1CCC2[C@H]3C=CC4CC(OC(=O)OC5CCN(C)CC5)CC[C@@]4(C)C3CC[C@]21C. The second-order valence-corrected chi connectivity index (χ2v) is 15.2. The lowest BCUT2D eigenvalue weighted by molar-refractivity contribution is -0.0915. The zero-order chi connectivity index (χ0) is 27.1. The van der Waals surface area contributed by atoms with Crippen LogP contribution in [0.5, 0.6) is 0 Å². The first-order valence-corrected chi connectivity index (χ1v) is 16.3. The van der Waals surface area contributed by atoms with Gasteiger partial charge in [0, 0.05) is 13.1 Å². The number of likely N-dealkylation sites (tertiary alicyclic amines) is 1. The number of carbonyl (C=O) groups is 1. The van der Waals surface area contributed by atoms with Crippen molar-refractivity contribution in [2.24, 2.45) is 52.3 Å². The van der Waals surface area contributed by atoms with E-state index in [0.29, 0.717) is 16.7 Å². The lowest BCUT2D eigenvalue weighted by atomic mass is 9.46. The van der Waals surface area contributed by atoms with Crippen LogP contribution in [0.1, 0.15) is 112 Å². The Balaban J connectivity index is 1.19. The van der Waals surface area contributed by atoms with E-state index in [2.05, 4.69) is 58.7 Å². The van der Waals surface area contributed by atoms with Crippen LogP contribution in [0, 0.1) is 52.3 Å². The number of hydrogen-bond donors (Lipinski definition) is 0. The maximum Gasteiger partial charge on any atom is 0.508 e. The Morgan fingerprint density at radius 2 is 1.55 bits per heavy atom. The van der Waals surface area contributed by atoms with E-state index < -0.39 is 6.16 Å². The van der Waals surface area contributed by atoms with Crippen molar-refractivity contribution < 1.29 is 14.3 Å². The molecule has 4 heteroatoms. The maximum absolute atomic E-state index is 12.6. The zero-order valence-corrected chi connectivity index (χ0v) is 25.4. The van der Waals surface area contributed by atoms with Crippen LogP contribution in [0.25, 0.3) is 0 Å². The maximum atomic E-state index is 12.6. The molecule has 0 aromatic rings. The quantitative estimate of drug-likeness (QED) is 0.246. The number of hydrogen-bond acceptors (Lipinski definition) is 4. The molecule has 0 spiro atoms. The predicted molar refractivity (Wildman–Crippen MR) is 155 cm³/mol. The number of fused-ring (bicyclic) bond motifs is 5. The van der Waals surface area contributed by atoms with Crippen molar-refractivity contribution in [3.05, 3.63) is 12.2 Å². The lowest BCUT2D eigenvalue weighted by Crippen LogP contribution is -2.52. The third-order valence-corrected chi connectivity index (χ3v) is 12.5. The van der Waals surface area contributed by atoms with Gasteiger partial charge < -0.3 is 14.4 Å². The molecular formula is C34H57NO3. The second-order valence-electron chi connectivity index (χ2n) is 15.2. The van der Waals surface area contributed by atoms with Gasteiger partial charge in [-0.3, -0.25) is 0 Å². The zero-order valence-electron chi connectivity index (χ0n) is 25.4. The van der Waals surface area contributed by atoms with E-state index >= 15 is 0 Å². The lowest BCUT2D eigenvalue weighted by Gasteiger charge is -2.59. The van der Waals surface area contributed by atoms with Crippen LogP contribution >= 0.6 is 0 Å². The molecule has 1 saturated heterocycles. The van der Waals surface area contributed by atoms with E-state index in [0.717, 1.165) is 74.3 Å². The molecule has 4 nitrogen and oxygen atoms in total. The highest BCUT2D eigenvalue weighted by Gasteiger charge is 2.59. The number of carbonyl (C=O) groups excluding carboxylic acids is 1. The van der Waals surface area contributed by atoms with Gasteiger partial charge in [0.15, 0.2) is 0 Å². The molecule has 216 valence electrons. The van der Waals surface area contributed by atoms with Gasteiger partial charge in [-0.2, -0.15) is 0 Å². The van der Waals surface area contributed by atoms with Gasteiger partial charge in [-0.15, -0.1) is 0 Å². The van der Waals surface area contributed by atoms with Crippen LogP contribution in [-0.2, 0) is 9.47 Å². The van der Waals surface area contributed by atoms with Crippen molar-refractivity contribution in [3.63, 3.8) is 0 Å². The summed E-state index contributed by atoms with van der Waals surface area (Å²) in [4.78, 5) is 14.9. The summed E-state index contributed by atoms with van der Waals surface area (Å²) in [5.74, 6) is 5.50. The van der Waals surface area contributed by atoms with Crippen molar-refractivity contribution >= 4 is 6.16 Å². The summed E-state index contributed by atoms with van der Waals surface area (Å²) in [7, 11) is 2.13. The number of allylic oxidation sites excluding steroid dienone is 2. The monoisotopic (exact) mass is 527 g/mol. The average Bonchev–Trinajstić information content (AvgIpc) is 3.23. The predicted octanol–water partition coefficient (Wildman–Crippen LogP) is 8.50.